The topological polar surface area (TPSA) is 96.3 Å². The Bertz CT molecular complexity index is 571. The van der Waals surface area contributed by atoms with Gasteiger partial charge in [0.15, 0.2) is 0 Å². The molecule has 0 N–H and O–H groups in total. The van der Waals surface area contributed by atoms with E-state index < -0.39 is 5.97 Å². The molecule has 2 aromatic rings. The van der Waals surface area contributed by atoms with Gasteiger partial charge >= 0.3 is 18.0 Å². The fourth-order valence-electron chi connectivity index (χ4n) is 1.28. The van der Waals surface area contributed by atoms with Crippen molar-refractivity contribution in [1.29, 1.82) is 0 Å². The van der Waals surface area contributed by atoms with E-state index >= 15 is 0 Å². The van der Waals surface area contributed by atoms with E-state index in [1.807, 2.05) is 0 Å². The highest BCUT2D eigenvalue weighted by Gasteiger charge is 2.09. The van der Waals surface area contributed by atoms with Crippen LogP contribution < -0.4 is 9.47 Å². The molecule has 2 rings (SSSR count). The van der Waals surface area contributed by atoms with Crippen LogP contribution in [0.1, 0.15) is 15.9 Å². The summed E-state index contributed by atoms with van der Waals surface area (Å²) in [7, 11) is 2.91. The van der Waals surface area contributed by atoms with Crippen LogP contribution in [0.25, 0.3) is 0 Å². The van der Waals surface area contributed by atoms with Crippen molar-refractivity contribution in [1.82, 2.24) is 19.9 Å². The van der Waals surface area contributed by atoms with Crippen LogP contribution >= 0.6 is 0 Å². The van der Waals surface area contributed by atoms with E-state index in [4.69, 9.17) is 14.2 Å². The van der Waals surface area contributed by atoms with Gasteiger partial charge in [0.05, 0.1) is 19.8 Å². The molecule has 0 aliphatic heterocycles. The van der Waals surface area contributed by atoms with Gasteiger partial charge in [-0.15, -0.1) is 0 Å². The van der Waals surface area contributed by atoms with Crippen molar-refractivity contribution < 1.29 is 19.0 Å². The molecule has 2 heterocycles. The summed E-state index contributed by atoms with van der Waals surface area (Å²) in [5.41, 5.74) is 0.883. The minimum Gasteiger partial charge on any atom is -0.467 e. The monoisotopic (exact) mass is 276 g/mol. The Morgan fingerprint density at radius 3 is 1.95 bits per heavy atom. The molecule has 20 heavy (non-hydrogen) atoms. The highest BCUT2D eigenvalue weighted by molar-refractivity contribution is 5.88. The lowest BCUT2D eigenvalue weighted by Crippen LogP contribution is -2.07. The average molecular weight is 276 g/mol. The Kier molecular flexibility index (Phi) is 4.38. The lowest BCUT2D eigenvalue weighted by molar-refractivity contribution is 0.0470. The molecule has 0 spiro atoms. The minimum atomic E-state index is -0.538. The summed E-state index contributed by atoms with van der Waals surface area (Å²) < 4.78 is 14.7. The Labute approximate surface area is 114 Å². The lowest BCUT2D eigenvalue weighted by atomic mass is 10.3. The van der Waals surface area contributed by atoms with Gasteiger partial charge in [-0.2, -0.15) is 0 Å². The molecule has 8 nitrogen and oxygen atoms in total. The zero-order valence-corrected chi connectivity index (χ0v) is 10.9. The number of aromatic nitrogens is 4. The van der Waals surface area contributed by atoms with Crippen LogP contribution in [-0.4, -0.2) is 40.1 Å². The first-order valence-electron chi connectivity index (χ1n) is 5.61. The van der Waals surface area contributed by atoms with Gasteiger partial charge < -0.3 is 14.2 Å². The number of carbonyl (C=O) groups excluding carboxylic acids is 1. The molecule has 0 saturated heterocycles. The molecule has 0 atom stereocenters. The number of ether oxygens (including phenoxy) is 3. The average Bonchev–Trinajstić information content (AvgIpc) is 2.53. The van der Waals surface area contributed by atoms with E-state index in [0.717, 1.165) is 0 Å². The number of rotatable bonds is 5. The molecule has 0 unspecified atom stereocenters. The number of methoxy groups -OCH3 is 2. The molecule has 0 bridgehead atoms. The van der Waals surface area contributed by atoms with E-state index in [1.165, 1.54) is 39.0 Å². The lowest BCUT2D eigenvalue weighted by Gasteiger charge is -2.05. The third kappa shape index (κ3) is 3.37. The van der Waals surface area contributed by atoms with Crippen LogP contribution in [0.4, 0.5) is 0 Å². The molecule has 0 aliphatic carbocycles. The van der Waals surface area contributed by atoms with Crippen LogP contribution in [-0.2, 0) is 11.3 Å². The summed E-state index contributed by atoms with van der Waals surface area (Å²) in [6.45, 7) is 0.0505. The Morgan fingerprint density at radius 2 is 1.45 bits per heavy atom. The third-order valence-electron chi connectivity index (χ3n) is 2.28. The van der Waals surface area contributed by atoms with Gasteiger partial charge in [0.25, 0.3) is 0 Å². The van der Waals surface area contributed by atoms with Crippen molar-refractivity contribution in [2.75, 3.05) is 14.2 Å². The van der Waals surface area contributed by atoms with Crippen LogP contribution in [0.2, 0.25) is 0 Å². The highest BCUT2D eigenvalue weighted by Crippen LogP contribution is 2.07. The number of carbonyl (C=O) groups is 1. The largest absolute Gasteiger partial charge is 0.467 e. The smallest absolute Gasteiger partial charge is 0.341 e. The zero-order chi connectivity index (χ0) is 14.4. The molecule has 8 heteroatoms. The van der Waals surface area contributed by atoms with E-state index in [0.29, 0.717) is 5.56 Å². The molecule has 0 aromatic carbocycles. The van der Waals surface area contributed by atoms with Crippen LogP contribution in [0.5, 0.6) is 12.0 Å². The first-order valence-corrected chi connectivity index (χ1v) is 5.61. The third-order valence-corrected chi connectivity index (χ3v) is 2.28. The fraction of sp³-hybridized carbons (Fsp3) is 0.250. The minimum absolute atomic E-state index is 0.0505. The predicted molar refractivity (Wildman–Crippen MR) is 66.3 cm³/mol. The van der Waals surface area contributed by atoms with Crippen molar-refractivity contribution in [2.24, 2.45) is 0 Å². The van der Waals surface area contributed by atoms with E-state index in [9.17, 15) is 4.79 Å². The zero-order valence-electron chi connectivity index (χ0n) is 10.9. The number of nitrogens with zero attached hydrogens (tertiary/aromatic N) is 4. The first-order chi connectivity index (χ1) is 9.72. The Hall–Kier alpha value is -2.77. The number of esters is 1. The summed E-state index contributed by atoms with van der Waals surface area (Å²) in [6.07, 6.45) is 5.70. The maximum Gasteiger partial charge on any atom is 0.341 e. The second-order valence-corrected chi connectivity index (χ2v) is 3.61. The summed E-state index contributed by atoms with van der Waals surface area (Å²) in [5.74, 6) is -0.538. The molecule has 0 amide bonds. The molecule has 0 saturated carbocycles. The molecule has 2 aromatic heterocycles. The van der Waals surface area contributed by atoms with Gasteiger partial charge in [-0.3, -0.25) is 0 Å². The maximum absolute atomic E-state index is 11.7. The quantitative estimate of drug-likeness (QED) is 0.734. The SMILES string of the molecule is COc1ncc(COC(=O)c2cnc(OC)nc2)cn1. The van der Waals surface area contributed by atoms with Crippen LogP contribution in [0.3, 0.4) is 0 Å². The van der Waals surface area contributed by atoms with Gasteiger partial charge in [0.1, 0.15) is 6.61 Å². The molecule has 0 radical (unpaired) electrons. The summed E-state index contributed by atoms with van der Waals surface area (Å²) in [4.78, 5) is 27.2. The summed E-state index contributed by atoms with van der Waals surface area (Å²) >= 11 is 0. The maximum atomic E-state index is 11.7. The summed E-state index contributed by atoms with van der Waals surface area (Å²) in [5, 5.41) is 0. The fourth-order valence-corrected chi connectivity index (χ4v) is 1.28. The van der Waals surface area contributed by atoms with Crippen molar-refractivity contribution in [2.45, 2.75) is 6.61 Å². The number of hydrogen-bond acceptors (Lipinski definition) is 8. The van der Waals surface area contributed by atoms with Crippen molar-refractivity contribution in [3.8, 4) is 12.0 Å². The van der Waals surface area contributed by atoms with Crippen molar-refractivity contribution in [3.05, 3.63) is 35.9 Å². The predicted octanol–water partition coefficient (Wildman–Crippen LogP) is 0.641. The van der Waals surface area contributed by atoms with Crippen LogP contribution in [0, 0.1) is 0 Å². The second-order valence-electron chi connectivity index (χ2n) is 3.61. The Morgan fingerprint density at radius 1 is 0.950 bits per heavy atom. The second kappa shape index (κ2) is 6.41. The van der Waals surface area contributed by atoms with Crippen molar-refractivity contribution >= 4 is 5.97 Å². The molecule has 0 aliphatic rings. The molecular weight excluding hydrogens is 264 g/mol. The van der Waals surface area contributed by atoms with E-state index in [1.54, 1.807) is 0 Å². The van der Waals surface area contributed by atoms with E-state index in [2.05, 4.69) is 19.9 Å². The Balaban J connectivity index is 1.93. The summed E-state index contributed by atoms with van der Waals surface area (Å²) in [6, 6.07) is 0.439. The van der Waals surface area contributed by atoms with Crippen LogP contribution in [0.15, 0.2) is 24.8 Å². The first kappa shape index (κ1) is 13.7. The normalized spacial score (nSPS) is 9.90. The van der Waals surface area contributed by atoms with Gasteiger partial charge in [0, 0.05) is 30.4 Å². The molecular formula is C12H12N4O4. The van der Waals surface area contributed by atoms with Gasteiger partial charge in [-0.05, 0) is 0 Å². The van der Waals surface area contributed by atoms with Gasteiger partial charge in [0.2, 0.25) is 0 Å². The standard InChI is InChI=1S/C12H12N4O4/c1-18-11-13-3-8(4-14-11)7-20-10(17)9-5-15-12(19-2)16-6-9/h3-6H,7H2,1-2H3. The molecule has 104 valence electrons. The van der Waals surface area contributed by atoms with E-state index in [-0.39, 0.29) is 24.2 Å². The van der Waals surface area contributed by atoms with Crippen molar-refractivity contribution in [3.63, 3.8) is 0 Å². The van der Waals surface area contributed by atoms with Gasteiger partial charge in [-0.25, -0.2) is 24.7 Å². The molecule has 0 fully saturated rings. The number of hydrogen-bond donors (Lipinski definition) is 0. The highest BCUT2D eigenvalue weighted by atomic mass is 16.5. The van der Waals surface area contributed by atoms with Gasteiger partial charge in [-0.1, -0.05) is 0 Å².